The van der Waals surface area contributed by atoms with Crippen molar-refractivity contribution in [2.24, 2.45) is 0 Å². The van der Waals surface area contributed by atoms with Crippen molar-refractivity contribution in [3.05, 3.63) is 138 Å². The van der Waals surface area contributed by atoms with E-state index in [1.165, 1.54) is 27.1 Å². The van der Waals surface area contributed by atoms with Crippen LogP contribution in [0, 0.1) is 0 Å². The first-order valence-electron chi connectivity index (χ1n) is 14.3. The number of hydrogen-bond acceptors (Lipinski definition) is 2. The summed E-state index contributed by atoms with van der Waals surface area (Å²) in [5, 5.41) is 4.49. The first kappa shape index (κ1) is 27.8. The zero-order valence-corrected chi connectivity index (χ0v) is 26.2. The maximum Gasteiger partial charge on any atom is 0.128 e. The molecule has 4 heteroatoms. The predicted octanol–water partition coefficient (Wildman–Crippen LogP) is 10.9. The number of nitrogens with zero attached hydrogens (tertiary/aromatic N) is 1. The van der Waals surface area contributed by atoms with Gasteiger partial charge in [-0.3, -0.25) is 0 Å². The van der Waals surface area contributed by atoms with E-state index in [2.05, 4.69) is 140 Å². The lowest BCUT2D eigenvalue weighted by molar-refractivity contribution is 0.416. The number of rotatable bonds is 7. The van der Waals surface area contributed by atoms with Crippen LogP contribution in [0.1, 0.15) is 0 Å². The van der Waals surface area contributed by atoms with Crippen molar-refractivity contribution < 1.29 is 4.74 Å². The minimum Gasteiger partial charge on any atom is -0.496 e. The first-order valence-corrected chi connectivity index (χ1v) is 18.1. The smallest absolute Gasteiger partial charge is 0.128 e. The second-order valence-corrected chi connectivity index (χ2v) is 17.1. The standard InChI is InChI=1S/C38H34ClNOSi/c1-41-38-26-28(39)16-23-37(38)36-25-24-33(34-12-8-9-13-35(34)36)27-14-17-30(18-15-27)40(29-10-6-5-7-11-29)31-19-21-32(22-20-31)42(2,3)4/h5-26H,1-4H3. The third kappa shape index (κ3) is 5.46. The van der Waals surface area contributed by atoms with Crippen molar-refractivity contribution >= 4 is 52.7 Å². The van der Waals surface area contributed by atoms with Gasteiger partial charge >= 0.3 is 0 Å². The van der Waals surface area contributed by atoms with E-state index >= 15 is 0 Å². The Balaban J connectivity index is 1.41. The summed E-state index contributed by atoms with van der Waals surface area (Å²) >= 11 is 6.26. The quantitative estimate of drug-likeness (QED) is 0.173. The van der Waals surface area contributed by atoms with Crippen molar-refractivity contribution in [2.75, 3.05) is 12.0 Å². The molecule has 0 aliphatic heterocycles. The molecule has 0 heterocycles. The molecule has 6 aromatic carbocycles. The minimum absolute atomic E-state index is 0.660. The average Bonchev–Trinajstić information content (AvgIpc) is 3.01. The molecule has 2 nitrogen and oxygen atoms in total. The molecule has 0 bridgehead atoms. The van der Waals surface area contributed by atoms with E-state index in [9.17, 15) is 0 Å². The SMILES string of the molecule is COc1cc(Cl)ccc1-c1ccc(-c2ccc(N(c3ccccc3)c3ccc([Si](C)(C)C)cc3)cc2)c2ccccc12. The summed E-state index contributed by atoms with van der Waals surface area (Å²) in [6.07, 6.45) is 0. The molecule has 0 aliphatic rings. The van der Waals surface area contributed by atoms with Gasteiger partial charge in [0, 0.05) is 27.6 Å². The van der Waals surface area contributed by atoms with Crippen LogP contribution >= 0.6 is 11.6 Å². The van der Waals surface area contributed by atoms with E-state index in [1.54, 1.807) is 7.11 Å². The Morgan fingerprint density at radius 2 is 1.07 bits per heavy atom. The molecule has 0 amide bonds. The van der Waals surface area contributed by atoms with Crippen LogP contribution in [0.4, 0.5) is 17.1 Å². The molecule has 208 valence electrons. The van der Waals surface area contributed by atoms with Gasteiger partial charge in [0.25, 0.3) is 0 Å². The Morgan fingerprint density at radius 1 is 0.548 bits per heavy atom. The zero-order valence-electron chi connectivity index (χ0n) is 24.4. The van der Waals surface area contributed by atoms with Crippen LogP contribution in [0.15, 0.2) is 133 Å². The number of fused-ring (bicyclic) bond motifs is 1. The Hall–Kier alpha value is -4.31. The Morgan fingerprint density at radius 3 is 1.69 bits per heavy atom. The largest absolute Gasteiger partial charge is 0.496 e. The molecule has 0 unspecified atom stereocenters. The fraction of sp³-hybridized carbons (Fsp3) is 0.105. The van der Waals surface area contributed by atoms with Crippen molar-refractivity contribution in [3.63, 3.8) is 0 Å². The van der Waals surface area contributed by atoms with Crippen LogP contribution in [0.25, 0.3) is 33.0 Å². The molecule has 6 rings (SSSR count). The van der Waals surface area contributed by atoms with E-state index in [4.69, 9.17) is 16.3 Å². The van der Waals surface area contributed by atoms with Crippen LogP contribution < -0.4 is 14.8 Å². The van der Waals surface area contributed by atoms with Crippen molar-refractivity contribution in [3.8, 4) is 28.0 Å². The van der Waals surface area contributed by atoms with Crippen molar-refractivity contribution in [1.29, 1.82) is 0 Å². The second kappa shape index (κ2) is 11.5. The van der Waals surface area contributed by atoms with Crippen molar-refractivity contribution in [2.45, 2.75) is 19.6 Å². The molecule has 0 atom stereocenters. The molecule has 0 N–H and O–H groups in total. The monoisotopic (exact) mass is 583 g/mol. The third-order valence-electron chi connectivity index (χ3n) is 7.82. The minimum atomic E-state index is -1.38. The lowest BCUT2D eigenvalue weighted by Gasteiger charge is -2.27. The topological polar surface area (TPSA) is 12.5 Å². The molecular formula is C38H34ClNOSi. The lowest BCUT2D eigenvalue weighted by atomic mass is 9.91. The summed E-state index contributed by atoms with van der Waals surface area (Å²) in [5.74, 6) is 0.767. The summed E-state index contributed by atoms with van der Waals surface area (Å²) in [7, 11) is 0.305. The van der Waals surface area contributed by atoms with E-state index in [-0.39, 0.29) is 0 Å². The van der Waals surface area contributed by atoms with Gasteiger partial charge < -0.3 is 9.64 Å². The van der Waals surface area contributed by atoms with Gasteiger partial charge in [0.1, 0.15) is 5.75 Å². The van der Waals surface area contributed by atoms with Crippen LogP contribution in [-0.2, 0) is 0 Å². The van der Waals surface area contributed by atoms with Gasteiger partial charge in [-0.15, -0.1) is 0 Å². The molecule has 0 fully saturated rings. The summed E-state index contributed by atoms with van der Waals surface area (Å²) in [5.41, 5.74) is 7.93. The highest BCUT2D eigenvalue weighted by Gasteiger charge is 2.18. The van der Waals surface area contributed by atoms with Gasteiger partial charge in [0.05, 0.1) is 15.2 Å². The zero-order chi connectivity index (χ0) is 29.3. The highest BCUT2D eigenvalue weighted by atomic mass is 35.5. The number of para-hydroxylation sites is 1. The van der Waals surface area contributed by atoms with Crippen LogP contribution in [0.2, 0.25) is 24.7 Å². The number of halogens is 1. The molecule has 0 radical (unpaired) electrons. The lowest BCUT2D eigenvalue weighted by Crippen LogP contribution is -2.37. The number of ether oxygens (including phenoxy) is 1. The molecule has 0 saturated carbocycles. The van der Waals surface area contributed by atoms with Gasteiger partial charge in [0.15, 0.2) is 0 Å². The van der Waals surface area contributed by atoms with E-state index in [0.717, 1.165) is 33.9 Å². The van der Waals surface area contributed by atoms with Gasteiger partial charge in [-0.2, -0.15) is 0 Å². The summed E-state index contributed by atoms with van der Waals surface area (Å²) < 4.78 is 5.69. The second-order valence-electron chi connectivity index (χ2n) is 11.6. The highest BCUT2D eigenvalue weighted by Crippen LogP contribution is 2.41. The fourth-order valence-corrected chi connectivity index (χ4v) is 6.93. The van der Waals surface area contributed by atoms with Gasteiger partial charge in [0.2, 0.25) is 0 Å². The maximum absolute atomic E-state index is 6.26. The average molecular weight is 584 g/mol. The van der Waals surface area contributed by atoms with E-state index in [0.29, 0.717) is 5.02 Å². The maximum atomic E-state index is 6.26. The van der Waals surface area contributed by atoms with Crippen LogP contribution in [0.5, 0.6) is 5.75 Å². The molecule has 0 aromatic heterocycles. The Labute approximate surface area is 254 Å². The molecule has 0 saturated heterocycles. The van der Waals surface area contributed by atoms with Crippen LogP contribution in [-0.4, -0.2) is 15.2 Å². The van der Waals surface area contributed by atoms with Crippen molar-refractivity contribution in [1.82, 2.24) is 0 Å². The van der Waals surface area contributed by atoms with Gasteiger partial charge in [-0.1, -0.05) is 115 Å². The predicted molar refractivity (Wildman–Crippen MR) is 184 cm³/mol. The van der Waals surface area contributed by atoms with Gasteiger partial charge in [-0.05, 0) is 82.1 Å². The number of benzene rings is 6. The van der Waals surface area contributed by atoms with Gasteiger partial charge in [-0.25, -0.2) is 0 Å². The summed E-state index contributed by atoms with van der Waals surface area (Å²) in [6.45, 7) is 7.16. The van der Waals surface area contributed by atoms with E-state index in [1.807, 2.05) is 18.2 Å². The highest BCUT2D eigenvalue weighted by molar-refractivity contribution is 6.88. The Kier molecular flexibility index (Phi) is 7.63. The molecular weight excluding hydrogens is 550 g/mol. The molecule has 6 aromatic rings. The normalized spacial score (nSPS) is 11.5. The third-order valence-corrected chi connectivity index (χ3v) is 10.1. The summed E-state index contributed by atoms with van der Waals surface area (Å²) in [6, 6.07) is 47.4. The number of methoxy groups -OCH3 is 1. The Bertz CT molecular complexity index is 1840. The fourth-order valence-electron chi connectivity index (χ4n) is 5.60. The van der Waals surface area contributed by atoms with E-state index < -0.39 is 8.07 Å². The molecule has 42 heavy (non-hydrogen) atoms. The number of anilines is 3. The first-order chi connectivity index (χ1) is 20.3. The molecule has 0 aliphatic carbocycles. The summed E-state index contributed by atoms with van der Waals surface area (Å²) in [4.78, 5) is 2.33. The van der Waals surface area contributed by atoms with Crippen LogP contribution in [0.3, 0.4) is 0 Å². The molecule has 0 spiro atoms. The number of hydrogen-bond donors (Lipinski definition) is 0.